The maximum absolute atomic E-state index is 11.2. The lowest BCUT2D eigenvalue weighted by molar-refractivity contribution is -0.138. The van der Waals surface area contributed by atoms with Crippen molar-refractivity contribution in [3.8, 4) is 0 Å². The summed E-state index contributed by atoms with van der Waals surface area (Å²) < 4.78 is 5.34. The van der Waals surface area contributed by atoms with Crippen LogP contribution in [0.5, 0.6) is 0 Å². The first-order valence-electron chi connectivity index (χ1n) is 7.63. The van der Waals surface area contributed by atoms with E-state index >= 15 is 0 Å². The fourth-order valence-electron chi connectivity index (χ4n) is 2.46. The average Bonchev–Trinajstić information content (AvgIpc) is 2.52. The molecule has 1 aromatic rings. The van der Waals surface area contributed by atoms with Gasteiger partial charge in [0.25, 0.3) is 0 Å². The number of ether oxygens (including phenoxy) is 1. The first-order valence-corrected chi connectivity index (χ1v) is 7.63. The largest absolute Gasteiger partial charge is 0.480 e. The highest BCUT2D eigenvalue weighted by atomic mass is 16.5. The van der Waals surface area contributed by atoms with Gasteiger partial charge in [-0.1, -0.05) is 19.8 Å². The molecular formula is C16H24N2O3. The maximum Gasteiger partial charge on any atom is 0.326 e. The van der Waals surface area contributed by atoms with E-state index in [1.165, 1.54) is 0 Å². The van der Waals surface area contributed by atoms with Crippen LogP contribution in [-0.4, -0.2) is 43.4 Å². The third-order valence-corrected chi connectivity index (χ3v) is 3.73. The number of morpholine rings is 1. The van der Waals surface area contributed by atoms with Gasteiger partial charge in [-0.05, 0) is 30.7 Å². The molecule has 21 heavy (non-hydrogen) atoms. The monoisotopic (exact) mass is 292 g/mol. The Morgan fingerprint density at radius 2 is 2.00 bits per heavy atom. The zero-order valence-electron chi connectivity index (χ0n) is 12.5. The number of anilines is 2. The molecule has 2 rings (SSSR count). The Balaban J connectivity index is 1.95. The molecule has 1 aromatic carbocycles. The van der Waals surface area contributed by atoms with Crippen molar-refractivity contribution in [2.24, 2.45) is 0 Å². The molecule has 5 nitrogen and oxygen atoms in total. The zero-order chi connectivity index (χ0) is 15.1. The summed E-state index contributed by atoms with van der Waals surface area (Å²) in [6, 6.07) is 7.46. The van der Waals surface area contributed by atoms with Crippen LogP contribution in [0.15, 0.2) is 24.3 Å². The minimum atomic E-state index is -0.791. The van der Waals surface area contributed by atoms with Crippen molar-refractivity contribution in [3.63, 3.8) is 0 Å². The molecule has 0 aromatic heterocycles. The van der Waals surface area contributed by atoms with Crippen molar-refractivity contribution in [2.45, 2.75) is 32.2 Å². The second-order valence-electron chi connectivity index (χ2n) is 5.32. The van der Waals surface area contributed by atoms with Gasteiger partial charge in [-0.25, -0.2) is 4.79 Å². The Bertz CT molecular complexity index is 441. The van der Waals surface area contributed by atoms with Gasteiger partial charge in [0, 0.05) is 24.5 Å². The highest BCUT2D eigenvalue weighted by Crippen LogP contribution is 2.20. The summed E-state index contributed by atoms with van der Waals surface area (Å²) in [5.74, 6) is -0.791. The van der Waals surface area contributed by atoms with Gasteiger partial charge in [-0.2, -0.15) is 0 Å². The van der Waals surface area contributed by atoms with Crippen molar-refractivity contribution in [1.82, 2.24) is 0 Å². The van der Waals surface area contributed by atoms with Crippen LogP contribution in [0.25, 0.3) is 0 Å². The summed E-state index contributed by atoms with van der Waals surface area (Å²) in [4.78, 5) is 13.5. The Labute approximate surface area is 125 Å². The van der Waals surface area contributed by atoms with Gasteiger partial charge in [0.1, 0.15) is 6.04 Å². The number of hydrogen-bond acceptors (Lipinski definition) is 4. The van der Waals surface area contributed by atoms with Crippen LogP contribution in [0.1, 0.15) is 26.2 Å². The number of nitrogens with one attached hydrogen (secondary N) is 1. The Kier molecular flexibility index (Phi) is 5.87. The number of aliphatic carboxylic acids is 1. The van der Waals surface area contributed by atoms with Crippen molar-refractivity contribution < 1.29 is 14.6 Å². The molecule has 0 saturated carbocycles. The van der Waals surface area contributed by atoms with Gasteiger partial charge in [0.15, 0.2) is 0 Å². The van der Waals surface area contributed by atoms with Crippen LogP contribution in [0, 0.1) is 0 Å². The smallest absolute Gasteiger partial charge is 0.326 e. The van der Waals surface area contributed by atoms with Gasteiger partial charge in [0.2, 0.25) is 0 Å². The highest BCUT2D eigenvalue weighted by molar-refractivity contribution is 5.77. The van der Waals surface area contributed by atoms with E-state index in [4.69, 9.17) is 4.74 Å². The lowest BCUT2D eigenvalue weighted by Gasteiger charge is -2.29. The number of nitrogens with zero attached hydrogens (tertiary/aromatic N) is 1. The number of benzene rings is 1. The van der Waals surface area contributed by atoms with Crippen LogP contribution in [0.4, 0.5) is 11.4 Å². The standard InChI is InChI=1S/C16H24N2O3/c1-2-3-4-15(16(19)20)17-13-5-7-14(8-6-13)18-9-11-21-12-10-18/h5-8,15,17H,2-4,9-12H2,1H3,(H,19,20). The number of rotatable bonds is 7. The number of carbonyl (C=O) groups is 1. The molecule has 1 aliphatic heterocycles. The Morgan fingerprint density at radius 1 is 1.33 bits per heavy atom. The SMILES string of the molecule is CCCCC(Nc1ccc(N2CCOCC2)cc1)C(=O)O. The predicted octanol–water partition coefficient (Wildman–Crippen LogP) is 2.58. The van der Waals surface area contributed by atoms with E-state index in [0.29, 0.717) is 6.42 Å². The summed E-state index contributed by atoms with van der Waals surface area (Å²) in [6.45, 7) is 5.40. The van der Waals surface area contributed by atoms with E-state index in [-0.39, 0.29) is 0 Å². The molecule has 0 radical (unpaired) electrons. The fourth-order valence-corrected chi connectivity index (χ4v) is 2.46. The fraction of sp³-hybridized carbons (Fsp3) is 0.562. The minimum Gasteiger partial charge on any atom is -0.480 e. The van der Waals surface area contributed by atoms with Crippen LogP contribution in [-0.2, 0) is 9.53 Å². The van der Waals surface area contributed by atoms with Crippen LogP contribution in [0.3, 0.4) is 0 Å². The van der Waals surface area contributed by atoms with E-state index in [2.05, 4.69) is 17.1 Å². The summed E-state index contributed by atoms with van der Waals surface area (Å²) in [5.41, 5.74) is 2.01. The average molecular weight is 292 g/mol. The molecule has 0 bridgehead atoms. The topological polar surface area (TPSA) is 61.8 Å². The molecule has 0 spiro atoms. The summed E-state index contributed by atoms with van der Waals surface area (Å²) in [7, 11) is 0. The summed E-state index contributed by atoms with van der Waals surface area (Å²) in [6.07, 6.45) is 2.56. The Hall–Kier alpha value is -1.75. The molecule has 1 fully saturated rings. The molecule has 1 atom stereocenters. The summed E-state index contributed by atoms with van der Waals surface area (Å²) in [5, 5.41) is 12.3. The molecule has 5 heteroatoms. The predicted molar refractivity (Wildman–Crippen MR) is 84.0 cm³/mol. The van der Waals surface area contributed by atoms with E-state index in [9.17, 15) is 9.90 Å². The van der Waals surface area contributed by atoms with Crippen molar-refractivity contribution in [3.05, 3.63) is 24.3 Å². The number of carboxylic acids is 1. The third-order valence-electron chi connectivity index (χ3n) is 3.73. The van der Waals surface area contributed by atoms with Gasteiger partial charge in [-0.15, -0.1) is 0 Å². The van der Waals surface area contributed by atoms with Crippen molar-refractivity contribution >= 4 is 17.3 Å². The van der Waals surface area contributed by atoms with Crippen LogP contribution >= 0.6 is 0 Å². The van der Waals surface area contributed by atoms with Gasteiger partial charge < -0.3 is 20.1 Å². The molecule has 116 valence electrons. The number of unbranched alkanes of at least 4 members (excludes halogenated alkanes) is 1. The minimum absolute atomic E-state index is 0.515. The van der Waals surface area contributed by atoms with Gasteiger partial charge in [-0.3, -0.25) is 0 Å². The second-order valence-corrected chi connectivity index (χ2v) is 5.32. The van der Waals surface area contributed by atoms with Crippen LogP contribution < -0.4 is 10.2 Å². The first kappa shape index (κ1) is 15.6. The maximum atomic E-state index is 11.2. The normalized spacial score (nSPS) is 16.5. The molecule has 2 N–H and O–H groups in total. The molecule has 0 aliphatic carbocycles. The molecule has 0 amide bonds. The van der Waals surface area contributed by atoms with Gasteiger partial charge in [0.05, 0.1) is 13.2 Å². The third kappa shape index (κ3) is 4.63. The summed E-state index contributed by atoms with van der Waals surface area (Å²) >= 11 is 0. The van der Waals surface area contributed by atoms with E-state index in [0.717, 1.165) is 50.5 Å². The van der Waals surface area contributed by atoms with E-state index < -0.39 is 12.0 Å². The lowest BCUT2D eigenvalue weighted by atomic mass is 10.1. The van der Waals surface area contributed by atoms with Gasteiger partial charge >= 0.3 is 5.97 Å². The molecule has 1 saturated heterocycles. The number of hydrogen-bond donors (Lipinski definition) is 2. The molecule has 1 heterocycles. The van der Waals surface area contributed by atoms with Crippen LogP contribution in [0.2, 0.25) is 0 Å². The quantitative estimate of drug-likeness (QED) is 0.809. The van der Waals surface area contributed by atoms with E-state index in [1.54, 1.807) is 0 Å². The molecular weight excluding hydrogens is 268 g/mol. The Morgan fingerprint density at radius 3 is 2.57 bits per heavy atom. The van der Waals surface area contributed by atoms with E-state index in [1.807, 2.05) is 24.3 Å². The number of carboxylic acid groups (broad SMARTS) is 1. The van der Waals surface area contributed by atoms with Crippen molar-refractivity contribution in [2.75, 3.05) is 36.5 Å². The second kappa shape index (κ2) is 7.88. The lowest BCUT2D eigenvalue weighted by Crippen LogP contribution is -2.36. The molecule has 1 unspecified atom stereocenters. The zero-order valence-corrected chi connectivity index (χ0v) is 12.5. The molecule has 1 aliphatic rings. The highest BCUT2D eigenvalue weighted by Gasteiger charge is 2.16. The van der Waals surface area contributed by atoms with Crippen molar-refractivity contribution in [1.29, 1.82) is 0 Å². The first-order chi connectivity index (χ1) is 10.2.